The number of piperidine rings is 1. The van der Waals surface area contributed by atoms with Crippen LogP contribution in [0.3, 0.4) is 0 Å². The summed E-state index contributed by atoms with van der Waals surface area (Å²) in [6, 6.07) is 21.8. The Kier molecular flexibility index (Phi) is 11.6. The fourth-order valence-electron chi connectivity index (χ4n) is 5.80. The Bertz CT molecular complexity index is 939. The lowest BCUT2D eigenvalue weighted by molar-refractivity contribution is 0.136. The van der Waals surface area contributed by atoms with Gasteiger partial charge in [-0.1, -0.05) is 81.4 Å². The molecule has 8 heteroatoms. The van der Waals surface area contributed by atoms with Gasteiger partial charge in [-0.25, -0.2) is 0 Å². The third-order valence-corrected chi connectivity index (χ3v) is 15.8. The highest BCUT2D eigenvalue weighted by Gasteiger charge is 2.50. The predicted molar refractivity (Wildman–Crippen MR) is 161 cm³/mol. The summed E-state index contributed by atoms with van der Waals surface area (Å²) in [6.07, 6.45) is 2.44. The summed E-state index contributed by atoms with van der Waals surface area (Å²) in [5.74, 6) is 0.669. The molecule has 1 aliphatic heterocycles. The first-order valence-electron chi connectivity index (χ1n) is 13.7. The van der Waals surface area contributed by atoms with E-state index in [1.807, 2.05) is 13.8 Å². The largest absolute Gasteiger partial charge is 0.406 e. The summed E-state index contributed by atoms with van der Waals surface area (Å²) in [5, 5.41) is 16.2. The maximum Gasteiger partial charge on any atom is 0.261 e. The summed E-state index contributed by atoms with van der Waals surface area (Å²) >= 11 is 5.85. The van der Waals surface area contributed by atoms with E-state index in [1.54, 1.807) is 0 Å². The number of rotatable bonds is 13. The lowest BCUT2D eigenvalue weighted by atomic mass is 9.82. The van der Waals surface area contributed by atoms with Gasteiger partial charge in [0.2, 0.25) is 0 Å². The van der Waals surface area contributed by atoms with Crippen LogP contribution < -0.4 is 15.7 Å². The van der Waals surface area contributed by atoms with E-state index >= 15 is 0 Å². The third kappa shape index (κ3) is 7.61. The quantitative estimate of drug-likeness (QED) is 0.267. The van der Waals surface area contributed by atoms with E-state index in [0.29, 0.717) is 31.7 Å². The van der Waals surface area contributed by atoms with Gasteiger partial charge >= 0.3 is 0 Å². The Balaban J connectivity index is 1.83. The molecule has 3 atom stereocenters. The molecule has 0 saturated carbocycles. The van der Waals surface area contributed by atoms with Crippen molar-refractivity contribution in [2.24, 2.45) is 11.8 Å². The number of hydrogen-bond donors (Lipinski definition) is 2. The van der Waals surface area contributed by atoms with Crippen LogP contribution in [-0.2, 0) is 25.3 Å². The molecule has 37 heavy (non-hydrogen) atoms. The fourth-order valence-corrected chi connectivity index (χ4v) is 13.7. The van der Waals surface area contributed by atoms with E-state index in [1.165, 1.54) is 10.4 Å². The Labute approximate surface area is 230 Å². The van der Waals surface area contributed by atoms with Crippen molar-refractivity contribution < 1.29 is 18.6 Å². The van der Waals surface area contributed by atoms with Gasteiger partial charge in [-0.2, -0.15) is 0 Å². The van der Waals surface area contributed by atoms with E-state index in [0.717, 1.165) is 25.5 Å². The second-order valence-electron chi connectivity index (χ2n) is 11.0. The molecule has 1 heterocycles. The highest BCUT2D eigenvalue weighted by Crippen LogP contribution is 2.52. The van der Waals surface area contributed by atoms with Crippen molar-refractivity contribution in [2.75, 3.05) is 39.1 Å². The molecule has 1 fully saturated rings. The second-order valence-corrected chi connectivity index (χ2v) is 19.1. The molecule has 1 saturated heterocycles. The van der Waals surface area contributed by atoms with Crippen molar-refractivity contribution in [1.82, 2.24) is 5.32 Å². The van der Waals surface area contributed by atoms with Crippen LogP contribution in [0.5, 0.6) is 0 Å². The minimum Gasteiger partial charge on any atom is -0.406 e. The minimum absolute atomic E-state index is 0.0567. The molecule has 0 unspecified atom stereocenters. The molecule has 2 N–H and O–H groups in total. The average Bonchev–Trinajstić information content (AvgIpc) is 2.87. The summed E-state index contributed by atoms with van der Waals surface area (Å²) in [5.41, 5.74) is 0. The van der Waals surface area contributed by atoms with Gasteiger partial charge in [-0.05, 0) is 72.3 Å². The fraction of sp³-hybridized carbons (Fsp3) is 0.586. The normalized spacial score (nSPS) is 21.2. The Morgan fingerprint density at radius 3 is 1.95 bits per heavy atom. The molecule has 206 valence electrons. The third-order valence-electron chi connectivity index (χ3n) is 7.45. The molecule has 0 aromatic heterocycles. The maximum absolute atomic E-state index is 9.87. The molecular formula is C29H46NO4PSSi. The molecule has 2 aromatic carbocycles. The topological polar surface area (TPSA) is 60.0 Å². The molecule has 0 bridgehead atoms. The zero-order chi connectivity index (χ0) is 26.9. The Morgan fingerprint density at radius 2 is 1.49 bits per heavy atom. The molecular weight excluding hydrogens is 517 g/mol. The van der Waals surface area contributed by atoms with Crippen LogP contribution in [0.15, 0.2) is 60.7 Å². The Hall–Kier alpha value is -0.893. The molecule has 0 radical (unpaired) electrons. The first kappa shape index (κ1) is 30.6. The summed E-state index contributed by atoms with van der Waals surface area (Å²) < 4.78 is 19.1. The first-order chi connectivity index (χ1) is 17.7. The average molecular weight is 564 g/mol. The van der Waals surface area contributed by atoms with Crippen LogP contribution in [0, 0.1) is 11.8 Å². The summed E-state index contributed by atoms with van der Waals surface area (Å²) in [7, 11) is -2.59. The minimum atomic E-state index is -2.59. The maximum atomic E-state index is 9.87. The van der Waals surface area contributed by atoms with Gasteiger partial charge < -0.3 is 23.9 Å². The van der Waals surface area contributed by atoms with Gasteiger partial charge in [0.15, 0.2) is 6.49 Å². The van der Waals surface area contributed by atoms with Gasteiger partial charge in [0.1, 0.15) is 0 Å². The SMILES string of the molecule is CCOP(=S)(C[C@H]1CN[C@H](CO[Si](c2ccccc2)(c2ccccc2)C(C)(C)C)C[C@@H]1CCO)OCC. The monoisotopic (exact) mass is 563 g/mol. The van der Waals surface area contributed by atoms with Gasteiger partial charge in [-0.15, -0.1) is 0 Å². The Morgan fingerprint density at radius 1 is 0.946 bits per heavy atom. The smallest absolute Gasteiger partial charge is 0.261 e. The molecule has 3 rings (SSSR count). The van der Waals surface area contributed by atoms with Crippen LogP contribution in [0.1, 0.15) is 47.5 Å². The molecule has 2 aromatic rings. The van der Waals surface area contributed by atoms with Crippen molar-refractivity contribution in [3.05, 3.63) is 60.7 Å². The van der Waals surface area contributed by atoms with E-state index in [-0.39, 0.29) is 17.7 Å². The van der Waals surface area contributed by atoms with Crippen molar-refractivity contribution in [3.63, 3.8) is 0 Å². The first-order valence-corrected chi connectivity index (χ1v) is 18.4. The number of aliphatic hydroxyl groups excluding tert-OH is 1. The predicted octanol–water partition coefficient (Wildman–Crippen LogP) is 4.92. The highest BCUT2D eigenvalue weighted by atomic mass is 32.5. The van der Waals surface area contributed by atoms with Crippen LogP contribution in [0.4, 0.5) is 0 Å². The molecule has 1 aliphatic rings. The number of nitrogens with one attached hydrogen (secondary N) is 1. The van der Waals surface area contributed by atoms with Gasteiger partial charge in [0, 0.05) is 18.8 Å². The lowest BCUT2D eigenvalue weighted by Gasteiger charge is -2.45. The van der Waals surface area contributed by atoms with Crippen molar-refractivity contribution in [2.45, 2.75) is 58.5 Å². The number of benzene rings is 2. The van der Waals surface area contributed by atoms with Gasteiger partial charge in [0.25, 0.3) is 8.32 Å². The van der Waals surface area contributed by atoms with Crippen molar-refractivity contribution in [3.8, 4) is 0 Å². The summed E-state index contributed by atoms with van der Waals surface area (Å²) in [4.78, 5) is 0. The van der Waals surface area contributed by atoms with E-state index < -0.39 is 14.8 Å². The molecule has 0 amide bonds. The standard InChI is InChI=1S/C29H46NO4PSSi/c1-6-32-35(36,33-7-2)23-25-21-30-26(20-24(25)18-19-31)22-34-37(29(3,4)5,27-14-10-8-11-15-27)28-16-12-9-13-17-28/h8-17,24-26,30-31H,6-7,18-23H2,1-5H3/t24-,25+,26-/m0/s1. The van der Waals surface area contributed by atoms with Gasteiger partial charge in [-0.3, -0.25) is 0 Å². The molecule has 0 spiro atoms. The van der Waals surface area contributed by atoms with Crippen molar-refractivity contribution in [1.29, 1.82) is 0 Å². The zero-order valence-corrected chi connectivity index (χ0v) is 25.9. The highest BCUT2D eigenvalue weighted by molar-refractivity contribution is 8.09. The van der Waals surface area contributed by atoms with Crippen LogP contribution in [-0.4, -0.2) is 58.6 Å². The van der Waals surface area contributed by atoms with Gasteiger partial charge in [0.05, 0.1) is 19.8 Å². The zero-order valence-electron chi connectivity index (χ0n) is 23.2. The van der Waals surface area contributed by atoms with Crippen LogP contribution in [0.2, 0.25) is 5.04 Å². The van der Waals surface area contributed by atoms with E-state index in [2.05, 4.69) is 86.8 Å². The lowest BCUT2D eigenvalue weighted by Crippen LogP contribution is -2.67. The number of aliphatic hydroxyl groups is 1. The van der Waals surface area contributed by atoms with Crippen LogP contribution in [0.25, 0.3) is 0 Å². The van der Waals surface area contributed by atoms with Crippen molar-refractivity contribution >= 4 is 37.0 Å². The summed E-state index contributed by atoms with van der Waals surface area (Å²) in [6.45, 7) is 11.3. The second kappa shape index (κ2) is 13.9. The van der Waals surface area contributed by atoms with E-state index in [9.17, 15) is 5.11 Å². The molecule has 5 nitrogen and oxygen atoms in total. The van der Waals surface area contributed by atoms with E-state index in [4.69, 9.17) is 25.3 Å². The van der Waals surface area contributed by atoms with Crippen LogP contribution >= 0.6 is 6.49 Å². The number of hydrogen-bond acceptors (Lipinski definition) is 6. The molecule has 0 aliphatic carbocycles.